The Morgan fingerprint density at radius 1 is 1.04 bits per heavy atom. The molecule has 0 saturated heterocycles. The van der Waals surface area contributed by atoms with Gasteiger partial charge in [-0.05, 0) is 47.9 Å². The predicted molar refractivity (Wildman–Crippen MR) is 116 cm³/mol. The summed E-state index contributed by atoms with van der Waals surface area (Å²) >= 11 is 0. The van der Waals surface area contributed by atoms with Gasteiger partial charge in [0.15, 0.2) is 0 Å². The van der Waals surface area contributed by atoms with Crippen LogP contribution in [0.4, 0.5) is 5.69 Å². The third-order valence-corrected chi connectivity index (χ3v) is 5.04. The molecule has 0 aliphatic heterocycles. The zero-order valence-corrected chi connectivity index (χ0v) is 18.3. The largest absolute Gasteiger partial charge is 0.505 e. The SMILES string of the molecule is CCC(Cc1cccc(C)n1)Nc1cc(C(C)(C)C)cc(C(C)(C)C)c1O. The third-order valence-electron chi connectivity index (χ3n) is 5.04. The van der Waals surface area contributed by atoms with Crippen molar-refractivity contribution in [3.63, 3.8) is 0 Å². The molecule has 2 rings (SSSR count). The van der Waals surface area contributed by atoms with Crippen LogP contribution in [0, 0.1) is 6.92 Å². The molecule has 148 valence electrons. The van der Waals surface area contributed by atoms with E-state index in [4.69, 9.17) is 0 Å². The second-order valence-electron chi connectivity index (χ2n) is 9.64. The van der Waals surface area contributed by atoms with Crippen molar-refractivity contribution < 1.29 is 5.11 Å². The molecule has 3 nitrogen and oxygen atoms in total. The monoisotopic (exact) mass is 368 g/mol. The summed E-state index contributed by atoms with van der Waals surface area (Å²) in [6.07, 6.45) is 1.79. The molecule has 1 unspecified atom stereocenters. The minimum absolute atomic E-state index is 0.0178. The van der Waals surface area contributed by atoms with E-state index >= 15 is 0 Å². The maximum atomic E-state index is 11.0. The predicted octanol–water partition coefficient (Wildman–Crippen LogP) is 6.12. The topological polar surface area (TPSA) is 45.2 Å². The first-order chi connectivity index (χ1) is 12.4. The summed E-state index contributed by atoms with van der Waals surface area (Å²) < 4.78 is 0. The van der Waals surface area contributed by atoms with Gasteiger partial charge >= 0.3 is 0 Å². The van der Waals surface area contributed by atoms with Crippen molar-refractivity contribution in [2.24, 2.45) is 0 Å². The van der Waals surface area contributed by atoms with E-state index in [1.54, 1.807) is 0 Å². The number of nitrogens with one attached hydrogen (secondary N) is 1. The molecular weight excluding hydrogens is 332 g/mol. The van der Waals surface area contributed by atoms with Crippen molar-refractivity contribution in [3.8, 4) is 5.75 Å². The van der Waals surface area contributed by atoms with Crippen LogP contribution in [0.1, 0.15) is 77.4 Å². The number of phenols is 1. The van der Waals surface area contributed by atoms with Crippen molar-refractivity contribution in [1.82, 2.24) is 4.98 Å². The fourth-order valence-electron chi connectivity index (χ4n) is 3.23. The quantitative estimate of drug-likeness (QED) is 0.625. The maximum Gasteiger partial charge on any atom is 0.142 e. The Kier molecular flexibility index (Phi) is 6.24. The molecule has 3 heteroatoms. The van der Waals surface area contributed by atoms with E-state index in [9.17, 15) is 5.11 Å². The van der Waals surface area contributed by atoms with Gasteiger partial charge in [-0.3, -0.25) is 4.98 Å². The molecule has 27 heavy (non-hydrogen) atoms. The van der Waals surface area contributed by atoms with Gasteiger partial charge in [0.2, 0.25) is 0 Å². The minimum Gasteiger partial charge on any atom is -0.505 e. The molecule has 2 aromatic rings. The van der Waals surface area contributed by atoms with E-state index in [2.05, 4.69) is 83.0 Å². The van der Waals surface area contributed by atoms with Crippen LogP contribution in [0.25, 0.3) is 0 Å². The van der Waals surface area contributed by atoms with Gasteiger partial charge in [-0.25, -0.2) is 0 Å². The summed E-state index contributed by atoms with van der Waals surface area (Å²) in [7, 11) is 0. The molecule has 0 fully saturated rings. The summed E-state index contributed by atoms with van der Waals surface area (Å²) in [5.74, 6) is 0.367. The van der Waals surface area contributed by atoms with Gasteiger partial charge < -0.3 is 10.4 Å². The minimum atomic E-state index is -0.123. The van der Waals surface area contributed by atoms with Gasteiger partial charge in [-0.1, -0.05) is 60.6 Å². The number of anilines is 1. The van der Waals surface area contributed by atoms with Crippen LogP contribution in [-0.2, 0) is 17.3 Å². The van der Waals surface area contributed by atoms with Crippen molar-refractivity contribution in [3.05, 3.63) is 52.8 Å². The number of aromatic nitrogens is 1. The Morgan fingerprint density at radius 3 is 2.22 bits per heavy atom. The van der Waals surface area contributed by atoms with Gasteiger partial charge in [-0.15, -0.1) is 0 Å². The number of hydrogen-bond acceptors (Lipinski definition) is 3. The lowest BCUT2D eigenvalue weighted by atomic mass is 9.79. The number of nitrogens with zero attached hydrogens (tertiary/aromatic N) is 1. The average molecular weight is 369 g/mol. The Hall–Kier alpha value is -2.03. The number of aryl methyl sites for hydroxylation is 1. The molecule has 0 bridgehead atoms. The van der Waals surface area contributed by atoms with Crippen molar-refractivity contribution in [2.75, 3.05) is 5.32 Å². The standard InChI is InChI=1S/C24H36N2O/c1-9-18(15-19-12-10-11-16(2)25-19)26-21-14-17(23(3,4)5)13-20(22(21)27)24(6,7)8/h10-14,18,26-27H,9,15H2,1-8H3. The van der Waals surface area contributed by atoms with Crippen LogP contribution in [0.3, 0.4) is 0 Å². The highest BCUT2D eigenvalue weighted by Crippen LogP contribution is 2.40. The van der Waals surface area contributed by atoms with Crippen LogP contribution in [0.2, 0.25) is 0 Å². The molecule has 0 radical (unpaired) electrons. The molecule has 0 aliphatic carbocycles. The van der Waals surface area contributed by atoms with Crippen molar-refractivity contribution in [1.29, 1.82) is 0 Å². The fraction of sp³-hybridized carbons (Fsp3) is 0.542. The zero-order chi connectivity index (χ0) is 20.4. The van der Waals surface area contributed by atoms with E-state index in [0.717, 1.165) is 35.5 Å². The first kappa shape index (κ1) is 21.3. The molecule has 1 heterocycles. The second-order valence-corrected chi connectivity index (χ2v) is 9.64. The van der Waals surface area contributed by atoms with Crippen molar-refractivity contribution >= 4 is 5.69 Å². The molecule has 1 aromatic heterocycles. The number of aromatic hydroxyl groups is 1. The number of benzene rings is 1. The Labute approximate surface area is 165 Å². The highest BCUT2D eigenvalue weighted by molar-refractivity contribution is 5.64. The molecule has 0 amide bonds. The van der Waals surface area contributed by atoms with Crippen molar-refractivity contribution in [2.45, 2.75) is 85.1 Å². The number of pyridine rings is 1. The zero-order valence-electron chi connectivity index (χ0n) is 18.3. The van der Waals surface area contributed by atoms with Gasteiger partial charge in [0, 0.05) is 29.4 Å². The van der Waals surface area contributed by atoms with Crippen LogP contribution in [0.15, 0.2) is 30.3 Å². The highest BCUT2D eigenvalue weighted by Gasteiger charge is 2.25. The molecule has 0 spiro atoms. The molecule has 1 atom stereocenters. The maximum absolute atomic E-state index is 11.0. The Bertz CT molecular complexity index is 782. The number of rotatable bonds is 5. The lowest BCUT2D eigenvalue weighted by molar-refractivity contribution is 0.445. The molecule has 0 aliphatic rings. The smallest absolute Gasteiger partial charge is 0.142 e. The summed E-state index contributed by atoms with van der Waals surface area (Å²) in [5, 5.41) is 14.6. The molecule has 0 saturated carbocycles. The van der Waals surface area contributed by atoms with Crippen LogP contribution < -0.4 is 5.32 Å². The van der Waals surface area contributed by atoms with E-state index in [1.165, 1.54) is 5.56 Å². The van der Waals surface area contributed by atoms with Crippen LogP contribution in [0.5, 0.6) is 5.75 Å². The fourth-order valence-corrected chi connectivity index (χ4v) is 3.23. The second kappa shape index (κ2) is 7.92. The van der Waals surface area contributed by atoms with Gasteiger partial charge in [0.1, 0.15) is 5.75 Å². The summed E-state index contributed by atoms with van der Waals surface area (Å²) in [6.45, 7) is 17.3. The van der Waals surface area contributed by atoms with Crippen LogP contribution in [-0.4, -0.2) is 16.1 Å². The summed E-state index contributed by atoms with van der Waals surface area (Å²) in [4.78, 5) is 4.64. The normalized spacial score (nSPS) is 13.5. The van der Waals surface area contributed by atoms with E-state index < -0.39 is 0 Å². The summed E-state index contributed by atoms with van der Waals surface area (Å²) in [6, 6.07) is 10.6. The van der Waals surface area contributed by atoms with Gasteiger partial charge in [-0.2, -0.15) is 0 Å². The lowest BCUT2D eigenvalue weighted by Crippen LogP contribution is -2.24. The molecule has 1 aromatic carbocycles. The molecular formula is C24H36N2O. The number of hydrogen-bond donors (Lipinski definition) is 2. The average Bonchev–Trinajstić information content (AvgIpc) is 2.53. The Morgan fingerprint density at radius 2 is 1.70 bits per heavy atom. The van der Waals surface area contributed by atoms with E-state index in [-0.39, 0.29) is 16.9 Å². The highest BCUT2D eigenvalue weighted by atomic mass is 16.3. The first-order valence-electron chi connectivity index (χ1n) is 9.99. The number of phenolic OH excluding ortho intramolecular Hbond substituents is 1. The summed E-state index contributed by atoms with van der Waals surface area (Å²) in [5.41, 5.74) is 5.06. The first-order valence-corrected chi connectivity index (χ1v) is 9.99. The van der Waals surface area contributed by atoms with Gasteiger partial charge in [0.25, 0.3) is 0 Å². The Balaban J connectivity index is 2.40. The van der Waals surface area contributed by atoms with Crippen LogP contribution >= 0.6 is 0 Å². The third kappa shape index (κ3) is 5.47. The van der Waals surface area contributed by atoms with Gasteiger partial charge in [0.05, 0.1) is 5.69 Å². The van der Waals surface area contributed by atoms with E-state index in [0.29, 0.717) is 5.75 Å². The lowest BCUT2D eigenvalue weighted by Gasteiger charge is -2.29. The molecule has 2 N–H and O–H groups in total. The van der Waals surface area contributed by atoms with E-state index in [1.807, 2.05) is 13.0 Å².